The number of rotatable bonds is 4. The first kappa shape index (κ1) is 14.5. The number of nitriles is 1. The van der Waals surface area contributed by atoms with Crippen LogP contribution in [0.1, 0.15) is 29.8 Å². The van der Waals surface area contributed by atoms with Crippen LogP contribution < -0.4 is 4.74 Å². The lowest BCUT2D eigenvalue weighted by atomic mass is 9.88. The third-order valence-electron chi connectivity index (χ3n) is 2.80. The lowest BCUT2D eigenvalue weighted by Gasteiger charge is -2.16. The number of Topliss-reactive ketones (excluding diaryl/α,β-unsaturated/α-hetero) is 1. The van der Waals surface area contributed by atoms with E-state index in [1.165, 1.54) is 7.11 Å². The van der Waals surface area contributed by atoms with Crippen molar-refractivity contribution in [2.45, 2.75) is 20.8 Å². The highest BCUT2D eigenvalue weighted by Crippen LogP contribution is 2.30. The second-order valence-corrected chi connectivity index (χ2v) is 4.95. The van der Waals surface area contributed by atoms with Gasteiger partial charge in [0, 0.05) is 5.02 Å². The van der Waals surface area contributed by atoms with E-state index in [0.717, 1.165) is 5.56 Å². The Bertz CT molecular complexity index is 503. The van der Waals surface area contributed by atoms with Gasteiger partial charge in [0.15, 0.2) is 5.78 Å². The predicted molar refractivity (Wildman–Crippen MR) is 71.0 cm³/mol. The van der Waals surface area contributed by atoms with Gasteiger partial charge >= 0.3 is 0 Å². The number of carbonyl (C=O) groups is 1. The van der Waals surface area contributed by atoms with Crippen molar-refractivity contribution in [1.29, 1.82) is 5.26 Å². The fraction of sp³-hybridized carbons (Fsp3) is 0.429. The van der Waals surface area contributed by atoms with Crippen LogP contribution in [0.5, 0.6) is 5.75 Å². The average molecular weight is 266 g/mol. The summed E-state index contributed by atoms with van der Waals surface area (Å²) >= 11 is 5.96. The number of ketones is 1. The highest BCUT2D eigenvalue weighted by molar-refractivity contribution is 6.31. The van der Waals surface area contributed by atoms with Gasteiger partial charge in [-0.2, -0.15) is 5.26 Å². The lowest BCUT2D eigenvalue weighted by molar-refractivity contribution is 0.0921. The largest absolute Gasteiger partial charge is 0.496 e. The van der Waals surface area contributed by atoms with Crippen LogP contribution in [-0.4, -0.2) is 12.9 Å². The smallest absolute Gasteiger partial charge is 0.184 e. The molecule has 0 aliphatic carbocycles. The van der Waals surface area contributed by atoms with Gasteiger partial charge in [0.05, 0.1) is 18.7 Å². The van der Waals surface area contributed by atoms with Crippen LogP contribution >= 0.6 is 11.6 Å². The number of benzene rings is 1. The summed E-state index contributed by atoms with van der Waals surface area (Å²) < 4.78 is 5.24. The van der Waals surface area contributed by atoms with E-state index >= 15 is 0 Å². The molecule has 4 heteroatoms. The molecule has 0 saturated carbocycles. The topological polar surface area (TPSA) is 50.1 Å². The molecule has 1 rings (SSSR count). The zero-order valence-electron chi connectivity index (χ0n) is 11.0. The molecule has 0 amide bonds. The maximum absolute atomic E-state index is 12.3. The Balaban J connectivity index is 3.33. The lowest BCUT2D eigenvalue weighted by Crippen LogP contribution is -2.19. The number of nitrogens with zero attached hydrogens (tertiary/aromatic N) is 1. The SMILES string of the molecule is COc1c(C)cc(Cl)cc1C(=O)C(C#N)C(C)C. The summed E-state index contributed by atoms with van der Waals surface area (Å²) in [7, 11) is 1.50. The van der Waals surface area contributed by atoms with Gasteiger partial charge in [-0.05, 0) is 30.5 Å². The molecule has 0 radical (unpaired) electrons. The molecule has 0 fully saturated rings. The zero-order valence-corrected chi connectivity index (χ0v) is 11.7. The van der Waals surface area contributed by atoms with Gasteiger partial charge in [0.2, 0.25) is 0 Å². The van der Waals surface area contributed by atoms with Crippen LogP contribution in [0, 0.1) is 30.1 Å². The number of hydrogen-bond acceptors (Lipinski definition) is 3. The average Bonchev–Trinajstić information content (AvgIpc) is 2.28. The van der Waals surface area contributed by atoms with E-state index in [4.69, 9.17) is 21.6 Å². The zero-order chi connectivity index (χ0) is 13.9. The minimum Gasteiger partial charge on any atom is -0.496 e. The Morgan fingerprint density at radius 1 is 1.44 bits per heavy atom. The molecule has 0 N–H and O–H groups in total. The summed E-state index contributed by atoms with van der Waals surface area (Å²) in [5, 5.41) is 9.56. The van der Waals surface area contributed by atoms with Crippen molar-refractivity contribution >= 4 is 17.4 Å². The molecule has 1 aromatic rings. The Kier molecular flexibility index (Phi) is 4.75. The molecule has 3 nitrogen and oxygen atoms in total. The molecule has 18 heavy (non-hydrogen) atoms. The molecule has 1 aromatic carbocycles. The van der Waals surface area contributed by atoms with Gasteiger partial charge in [0.25, 0.3) is 0 Å². The Hall–Kier alpha value is -1.53. The first-order chi connectivity index (χ1) is 8.42. The highest BCUT2D eigenvalue weighted by atomic mass is 35.5. The van der Waals surface area contributed by atoms with Crippen LogP contribution in [0.25, 0.3) is 0 Å². The van der Waals surface area contributed by atoms with Crippen molar-refractivity contribution in [2.24, 2.45) is 11.8 Å². The fourth-order valence-corrected chi connectivity index (χ4v) is 2.13. The van der Waals surface area contributed by atoms with Gasteiger partial charge in [-0.1, -0.05) is 25.4 Å². The maximum atomic E-state index is 12.3. The molecular formula is C14H16ClNO2. The van der Waals surface area contributed by atoms with Crippen molar-refractivity contribution in [3.8, 4) is 11.8 Å². The second kappa shape index (κ2) is 5.88. The van der Waals surface area contributed by atoms with E-state index in [0.29, 0.717) is 16.3 Å². The fourth-order valence-electron chi connectivity index (χ4n) is 1.86. The Labute approximate surface area is 112 Å². The van der Waals surface area contributed by atoms with Gasteiger partial charge in [-0.25, -0.2) is 0 Å². The number of hydrogen-bond donors (Lipinski definition) is 0. The number of methoxy groups -OCH3 is 1. The summed E-state index contributed by atoms with van der Waals surface area (Å²) in [6.45, 7) is 5.50. The minimum absolute atomic E-state index is 0.0495. The summed E-state index contributed by atoms with van der Waals surface area (Å²) in [6.07, 6.45) is 0. The molecule has 1 unspecified atom stereocenters. The summed E-state index contributed by atoms with van der Waals surface area (Å²) in [5.41, 5.74) is 1.16. The van der Waals surface area contributed by atoms with Crippen LogP contribution in [-0.2, 0) is 0 Å². The molecule has 0 aromatic heterocycles. The first-order valence-corrected chi connectivity index (χ1v) is 6.08. The van der Waals surface area contributed by atoms with Crippen molar-refractivity contribution in [3.63, 3.8) is 0 Å². The van der Waals surface area contributed by atoms with E-state index in [9.17, 15) is 4.79 Å². The summed E-state index contributed by atoms with van der Waals surface area (Å²) in [6, 6.07) is 5.33. The van der Waals surface area contributed by atoms with Crippen LogP contribution in [0.15, 0.2) is 12.1 Å². The maximum Gasteiger partial charge on any atom is 0.184 e. The number of aryl methyl sites for hydroxylation is 1. The molecule has 0 heterocycles. The standard InChI is InChI=1S/C14H16ClNO2/c1-8(2)12(7-16)13(17)11-6-10(15)5-9(3)14(11)18-4/h5-6,8,12H,1-4H3. The number of halogens is 1. The number of ether oxygens (including phenoxy) is 1. The van der Waals surface area contributed by atoms with E-state index in [2.05, 4.69) is 0 Å². The van der Waals surface area contributed by atoms with Crippen LogP contribution in [0.3, 0.4) is 0 Å². The molecule has 0 aliphatic heterocycles. The second-order valence-electron chi connectivity index (χ2n) is 4.52. The first-order valence-electron chi connectivity index (χ1n) is 5.70. The van der Waals surface area contributed by atoms with E-state index < -0.39 is 5.92 Å². The monoisotopic (exact) mass is 265 g/mol. The summed E-state index contributed by atoms with van der Waals surface area (Å²) in [5.74, 6) is -0.483. The highest BCUT2D eigenvalue weighted by Gasteiger charge is 2.26. The van der Waals surface area contributed by atoms with Crippen molar-refractivity contribution in [2.75, 3.05) is 7.11 Å². The molecule has 96 valence electrons. The Morgan fingerprint density at radius 2 is 2.06 bits per heavy atom. The summed E-state index contributed by atoms with van der Waals surface area (Å²) in [4.78, 5) is 12.3. The quantitative estimate of drug-likeness (QED) is 0.781. The van der Waals surface area contributed by atoms with Gasteiger partial charge in [-0.3, -0.25) is 4.79 Å². The van der Waals surface area contributed by atoms with Gasteiger partial charge in [0.1, 0.15) is 11.7 Å². The third kappa shape index (κ3) is 2.83. The molecule has 0 spiro atoms. The minimum atomic E-state index is -0.684. The van der Waals surface area contributed by atoms with Gasteiger partial charge < -0.3 is 4.74 Å². The normalized spacial score (nSPS) is 12.1. The Morgan fingerprint density at radius 3 is 2.50 bits per heavy atom. The molecule has 1 atom stereocenters. The van der Waals surface area contributed by atoms with Crippen LogP contribution in [0.2, 0.25) is 5.02 Å². The van der Waals surface area contributed by atoms with Crippen LogP contribution in [0.4, 0.5) is 0 Å². The molecule has 0 aliphatic rings. The van der Waals surface area contributed by atoms with E-state index in [1.54, 1.807) is 12.1 Å². The predicted octanol–water partition coefficient (Wildman–Crippen LogP) is 3.64. The van der Waals surface area contributed by atoms with Gasteiger partial charge in [-0.15, -0.1) is 0 Å². The number of carbonyl (C=O) groups excluding carboxylic acids is 1. The third-order valence-corrected chi connectivity index (χ3v) is 3.02. The molecule has 0 saturated heterocycles. The molecular weight excluding hydrogens is 250 g/mol. The van der Waals surface area contributed by atoms with Crippen molar-refractivity contribution in [3.05, 3.63) is 28.3 Å². The van der Waals surface area contributed by atoms with E-state index in [-0.39, 0.29) is 11.7 Å². The molecule has 0 bridgehead atoms. The van der Waals surface area contributed by atoms with Crippen molar-refractivity contribution in [1.82, 2.24) is 0 Å². The van der Waals surface area contributed by atoms with Crippen molar-refractivity contribution < 1.29 is 9.53 Å². The van der Waals surface area contributed by atoms with E-state index in [1.807, 2.05) is 26.8 Å².